The Morgan fingerprint density at radius 1 is 1.14 bits per heavy atom. The first-order valence-electron chi connectivity index (χ1n) is 8.30. The molecule has 3 rings (SSSR count). The summed E-state index contributed by atoms with van der Waals surface area (Å²) in [6, 6.07) is 13.1. The third-order valence-electron chi connectivity index (χ3n) is 3.61. The number of nitrogens with zero attached hydrogens (tertiary/aromatic N) is 3. The molecule has 0 radical (unpaired) electrons. The molecule has 11 heteroatoms. The topological polar surface area (TPSA) is 127 Å². The Morgan fingerprint density at radius 2 is 1.93 bits per heavy atom. The van der Waals surface area contributed by atoms with Gasteiger partial charge in [-0.25, -0.2) is 0 Å². The molecule has 0 aliphatic carbocycles. The lowest BCUT2D eigenvalue weighted by Crippen LogP contribution is -2.15. The monoisotopic (exact) mass is 429 g/mol. The molecule has 148 valence electrons. The second-order valence-corrected chi connectivity index (χ2v) is 8.01. The number of amides is 2. The Balaban J connectivity index is 1.55. The molecule has 0 bridgehead atoms. The van der Waals surface area contributed by atoms with Crippen molar-refractivity contribution in [3.63, 3.8) is 0 Å². The van der Waals surface area contributed by atoms with Crippen LogP contribution in [0, 0.1) is 17.0 Å². The van der Waals surface area contributed by atoms with Crippen molar-refractivity contribution in [1.29, 1.82) is 0 Å². The van der Waals surface area contributed by atoms with Crippen LogP contribution in [-0.4, -0.2) is 32.7 Å². The van der Waals surface area contributed by atoms with Crippen LogP contribution in [0.4, 0.5) is 16.5 Å². The molecule has 1 heterocycles. The Hall–Kier alpha value is -3.31. The van der Waals surface area contributed by atoms with Gasteiger partial charge >= 0.3 is 0 Å². The van der Waals surface area contributed by atoms with Crippen LogP contribution in [-0.2, 0) is 4.79 Å². The van der Waals surface area contributed by atoms with Gasteiger partial charge in [-0.05, 0) is 25.1 Å². The summed E-state index contributed by atoms with van der Waals surface area (Å²) >= 11 is 2.26. The van der Waals surface area contributed by atoms with Gasteiger partial charge in [0.2, 0.25) is 11.0 Å². The van der Waals surface area contributed by atoms with E-state index in [1.165, 1.54) is 18.2 Å². The van der Waals surface area contributed by atoms with Gasteiger partial charge in [0.15, 0.2) is 4.34 Å². The van der Waals surface area contributed by atoms with Crippen LogP contribution in [0.2, 0.25) is 0 Å². The number of aromatic nitrogens is 2. The van der Waals surface area contributed by atoms with E-state index in [-0.39, 0.29) is 23.0 Å². The third kappa shape index (κ3) is 5.59. The number of benzene rings is 2. The molecule has 0 unspecified atom stereocenters. The summed E-state index contributed by atoms with van der Waals surface area (Å²) in [5, 5.41) is 24.3. The van der Waals surface area contributed by atoms with Gasteiger partial charge in [-0.3, -0.25) is 25.0 Å². The number of carbonyl (C=O) groups is 2. The number of rotatable bonds is 7. The molecule has 2 aromatic carbocycles. The van der Waals surface area contributed by atoms with E-state index in [1.54, 1.807) is 24.3 Å². The zero-order valence-corrected chi connectivity index (χ0v) is 16.8. The molecule has 0 fully saturated rings. The van der Waals surface area contributed by atoms with Crippen molar-refractivity contribution < 1.29 is 14.5 Å². The molecule has 2 N–H and O–H groups in total. The van der Waals surface area contributed by atoms with Gasteiger partial charge in [-0.15, -0.1) is 10.2 Å². The Kier molecular flexibility index (Phi) is 6.52. The molecule has 0 saturated carbocycles. The molecule has 29 heavy (non-hydrogen) atoms. The summed E-state index contributed by atoms with van der Waals surface area (Å²) < 4.78 is 0.488. The van der Waals surface area contributed by atoms with E-state index < -0.39 is 10.8 Å². The highest BCUT2D eigenvalue weighted by Crippen LogP contribution is 2.27. The van der Waals surface area contributed by atoms with Crippen molar-refractivity contribution in [3.05, 3.63) is 69.8 Å². The molecule has 1 aromatic heterocycles. The number of aryl methyl sites for hydroxylation is 1. The second-order valence-electron chi connectivity index (χ2n) is 5.81. The number of hydrogen-bond acceptors (Lipinski definition) is 8. The number of anilines is 2. The first-order valence-corrected chi connectivity index (χ1v) is 10.1. The standard InChI is InChI=1S/C18H15N5O4S2/c1-11-5-4-6-12(9-11)16(25)20-17-21-22-18(29-17)28-10-15(24)19-13-7-2-3-8-14(13)23(26)27/h2-9H,10H2,1H3,(H,19,24)(H,20,21,25). The minimum atomic E-state index is -0.559. The van der Waals surface area contributed by atoms with E-state index in [2.05, 4.69) is 20.8 Å². The van der Waals surface area contributed by atoms with E-state index in [0.717, 1.165) is 28.7 Å². The van der Waals surface area contributed by atoms with Gasteiger partial charge < -0.3 is 5.32 Å². The lowest BCUT2D eigenvalue weighted by atomic mass is 10.1. The lowest BCUT2D eigenvalue weighted by Gasteiger charge is -2.04. The van der Waals surface area contributed by atoms with Gasteiger partial charge in [0.1, 0.15) is 5.69 Å². The van der Waals surface area contributed by atoms with Crippen LogP contribution >= 0.6 is 23.1 Å². The molecule has 0 aliphatic rings. The molecule has 0 saturated heterocycles. The molecule has 3 aromatic rings. The number of thioether (sulfide) groups is 1. The molecule has 0 atom stereocenters. The van der Waals surface area contributed by atoms with Crippen LogP contribution in [0.15, 0.2) is 52.9 Å². The summed E-state index contributed by atoms with van der Waals surface area (Å²) in [7, 11) is 0. The Morgan fingerprint density at radius 3 is 2.69 bits per heavy atom. The average Bonchev–Trinajstić information content (AvgIpc) is 3.14. The molecule has 0 aliphatic heterocycles. The number of nitro benzene ring substituents is 1. The fourth-order valence-corrected chi connectivity index (χ4v) is 3.87. The van der Waals surface area contributed by atoms with Crippen LogP contribution in [0.25, 0.3) is 0 Å². The van der Waals surface area contributed by atoms with Crippen LogP contribution in [0.1, 0.15) is 15.9 Å². The van der Waals surface area contributed by atoms with Crippen molar-refractivity contribution in [2.45, 2.75) is 11.3 Å². The Bertz CT molecular complexity index is 1070. The third-order valence-corrected chi connectivity index (χ3v) is 5.58. The summed E-state index contributed by atoms with van der Waals surface area (Å²) in [5.41, 5.74) is 1.43. The number of carbonyl (C=O) groups excluding carboxylic acids is 2. The highest BCUT2D eigenvalue weighted by atomic mass is 32.2. The van der Waals surface area contributed by atoms with E-state index >= 15 is 0 Å². The van der Waals surface area contributed by atoms with E-state index in [4.69, 9.17) is 0 Å². The van der Waals surface area contributed by atoms with Crippen LogP contribution < -0.4 is 10.6 Å². The van der Waals surface area contributed by atoms with Crippen molar-refractivity contribution in [1.82, 2.24) is 10.2 Å². The molecular weight excluding hydrogens is 414 g/mol. The van der Waals surface area contributed by atoms with Gasteiger partial charge in [-0.2, -0.15) is 0 Å². The number of nitro groups is 1. The van der Waals surface area contributed by atoms with E-state index in [9.17, 15) is 19.7 Å². The predicted octanol–water partition coefficient (Wildman–Crippen LogP) is 3.74. The second kappa shape index (κ2) is 9.26. The largest absolute Gasteiger partial charge is 0.320 e. The van der Waals surface area contributed by atoms with Gasteiger partial charge in [0.25, 0.3) is 11.6 Å². The fourth-order valence-electron chi connectivity index (χ4n) is 2.33. The quantitative estimate of drug-likeness (QED) is 0.253. The van der Waals surface area contributed by atoms with Gasteiger partial charge in [0.05, 0.1) is 10.7 Å². The molecule has 9 nitrogen and oxygen atoms in total. The van der Waals surface area contributed by atoms with E-state index in [0.29, 0.717) is 15.0 Å². The van der Waals surface area contributed by atoms with Crippen LogP contribution in [0.3, 0.4) is 0 Å². The minimum absolute atomic E-state index is 0.00743. The maximum Gasteiger partial charge on any atom is 0.292 e. The predicted molar refractivity (Wildman–Crippen MR) is 111 cm³/mol. The van der Waals surface area contributed by atoms with Crippen molar-refractivity contribution >= 4 is 51.4 Å². The number of nitrogens with one attached hydrogen (secondary N) is 2. The van der Waals surface area contributed by atoms with Crippen molar-refractivity contribution in [2.24, 2.45) is 0 Å². The maximum absolute atomic E-state index is 12.2. The highest BCUT2D eigenvalue weighted by Gasteiger charge is 2.16. The number of para-hydroxylation sites is 2. The normalized spacial score (nSPS) is 10.4. The minimum Gasteiger partial charge on any atom is -0.320 e. The first kappa shape index (κ1) is 20.4. The zero-order valence-electron chi connectivity index (χ0n) is 15.1. The molecule has 0 spiro atoms. The first-order chi connectivity index (χ1) is 13.9. The molecular formula is C18H15N5O4S2. The Labute approximate surface area is 173 Å². The summed E-state index contributed by atoms with van der Waals surface area (Å²) in [6.45, 7) is 1.89. The smallest absolute Gasteiger partial charge is 0.292 e. The van der Waals surface area contributed by atoms with E-state index in [1.807, 2.05) is 13.0 Å². The van der Waals surface area contributed by atoms with Gasteiger partial charge in [-0.1, -0.05) is 52.9 Å². The fraction of sp³-hybridized carbons (Fsp3) is 0.111. The SMILES string of the molecule is Cc1cccc(C(=O)Nc2nnc(SCC(=O)Nc3ccccc3[N+](=O)[O-])s2)c1. The summed E-state index contributed by atoms with van der Waals surface area (Å²) in [4.78, 5) is 34.8. The van der Waals surface area contributed by atoms with Crippen LogP contribution in [0.5, 0.6) is 0 Å². The highest BCUT2D eigenvalue weighted by molar-refractivity contribution is 8.01. The summed E-state index contributed by atoms with van der Waals surface area (Å²) in [6.07, 6.45) is 0. The summed E-state index contributed by atoms with van der Waals surface area (Å²) in [5.74, 6) is -0.715. The van der Waals surface area contributed by atoms with Crippen molar-refractivity contribution in [2.75, 3.05) is 16.4 Å². The molecule has 2 amide bonds. The maximum atomic E-state index is 12.2. The van der Waals surface area contributed by atoms with Crippen molar-refractivity contribution in [3.8, 4) is 0 Å². The number of hydrogen-bond donors (Lipinski definition) is 2. The lowest BCUT2D eigenvalue weighted by molar-refractivity contribution is -0.383. The zero-order chi connectivity index (χ0) is 20.8. The van der Waals surface area contributed by atoms with Gasteiger partial charge in [0, 0.05) is 11.6 Å². The average molecular weight is 429 g/mol.